The van der Waals surface area contributed by atoms with Crippen molar-refractivity contribution in [1.29, 1.82) is 0 Å². The van der Waals surface area contributed by atoms with Crippen molar-refractivity contribution in [2.75, 3.05) is 23.4 Å². The molecule has 1 aromatic rings. The van der Waals surface area contributed by atoms with Gasteiger partial charge in [-0.2, -0.15) is 0 Å². The van der Waals surface area contributed by atoms with E-state index in [1.54, 1.807) is 0 Å². The molecule has 0 saturated carbocycles. The van der Waals surface area contributed by atoms with E-state index in [0.29, 0.717) is 18.9 Å². The maximum absolute atomic E-state index is 11.4. The van der Waals surface area contributed by atoms with Crippen molar-refractivity contribution in [2.45, 2.75) is 33.1 Å². The van der Waals surface area contributed by atoms with E-state index in [-0.39, 0.29) is 17.4 Å². The predicted molar refractivity (Wildman–Crippen MR) is 92.1 cm³/mol. The van der Waals surface area contributed by atoms with Gasteiger partial charge in [0.1, 0.15) is 0 Å². The van der Waals surface area contributed by atoms with Gasteiger partial charge in [-0.05, 0) is 36.3 Å². The number of sulfone groups is 1. The number of nitrogens with two attached hydrogens (primary N) is 1. The van der Waals surface area contributed by atoms with Gasteiger partial charge in [0.25, 0.3) is 0 Å². The van der Waals surface area contributed by atoms with E-state index >= 15 is 0 Å². The lowest BCUT2D eigenvalue weighted by atomic mass is 10.0. The third-order valence-electron chi connectivity index (χ3n) is 4.10. The lowest BCUT2D eigenvalue weighted by Crippen LogP contribution is -2.25. The zero-order chi connectivity index (χ0) is 16.2. The van der Waals surface area contributed by atoms with Crippen molar-refractivity contribution < 1.29 is 8.42 Å². The maximum Gasteiger partial charge on any atom is 0.193 e. The van der Waals surface area contributed by atoms with Gasteiger partial charge in [0, 0.05) is 12.2 Å². The van der Waals surface area contributed by atoms with Crippen molar-refractivity contribution >= 4 is 21.5 Å². The predicted octanol–water partition coefficient (Wildman–Crippen LogP) is 1.97. The summed E-state index contributed by atoms with van der Waals surface area (Å²) in [5.74, 6) is 0.964. The second-order valence-electron chi connectivity index (χ2n) is 5.78. The fourth-order valence-corrected chi connectivity index (χ4v) is 4.66. The Kier molecular flexibility index (Phi) is 5.45. The van der Waals surface area contributed by atoms with E-state index in [0.717, 1.165) is 18.5 Å². The smallest absolute Gasteiger partial charge is 0.193 e. The van der Waals surface area contributed by atoms with Gasteiger partial charge in [-0.1, -0.05) is 32.0 Å². The Morgan fingerprint density at radius 3 is 2.45 bits per heavy atom. The molecule has 1 saturated heterocycles. The number of nitrogens with one attached hydrogen (secondary N) is 1. The van der Waals surface area contributed by atoms with Gasteiger partial charge in [-0.15, -0.1) is 0 Å². The molecule has 1 heterocycles. The molecule has 1 aromatic carbocycles. The first-order valence-electron chi connectivity index (χ1n) is 7.83. The zero-order valence-corrected chi connectivity index (χ0v) is 14.1. The number of benzene rings is 1. The van der Waals surface area contributed by atoms with Crippen LogP contribution in [0.15, 0.2) is 23.2 Å². The Bertz CT molecular complexity index is 631. The minimum absolute atomic E-state index is 0.0948. The molecule has 0 aliphatic carbocycles. The van der Waals surface area contributed by atoms with Crippen LogP contribution in [0.25, 0.3) is 0 Å². The van der Waals surface area contributed by atoms with Crippen LogP contribution in [0.3, 0.4) is 0 Å². The lowest BCUT2D eigenvalue weighted by molar-refractivity contribution is 0.591. The van der Waals surface area contributed by atoms with E-state index in [1.807, 2.05) is 0 Å². The van der Waals surface area contributed by atoms with Crippen molar-refractivity contribution in [2.24, 2.45) is 16.6 Å². The lowest BCUT2D eigenvalue weighted by Gasteiger charge is -2.15. The molecule has 0 amide bonds. The summed E-state index contributed by atoms with van der Waals surface area (Å²) in [7, 11) is -2.85. The quantitative estimate of drug-likeness (QED) is 0.641. The third kappa shape index (κ3) is 4.22. The number of para-hydroxylation sites is 1. The van der Waals surface area contributed by atoms with Gasteiger partial charge in [0.05, 0.1) is 11.5 Å². The van der Waals surface area contributed by atoms with Crippen molar-refractivity contribution in [3.05, 3.63) is 29.3 Å². The maximum atomic E-state index is 11.4. The number of aliphatic imine (C=N–C) groups is 1. The molecule has 1 aliphatic heterocycles. The molecular formula is C16H25N3O2S. The number of hydrogen-bond acceptors (Lipinski definition) is 3. The van der Waals surface area contributed by atoms with Crippen LogP contribution in [0.1, 0.15) is 31.4 Å². The molecule has 1 fully saturated rings. The topological polar surface area (TPSA) is 84.5 Å². The number of aryl methyl sites for hydroxylation is 2. The number of guanidine groups is 1. The van der Waals surface area contributed by atoms with Crippen LogP contribution < -0.4 is 11.1 Å². The van der Waals surface area contributed by atoms with Crippen LogP contribution in [0, 0.1) is 5.92 Å². The summed E-state index contributed by atoms with van der Waals surface area (Å²) in [6.07, 6.45) is 2.53. The fourth-order valence-electron chi connectivity index (χ4n) is 2.81. The molecule has 22 heavy (non-hydrogen) atoms. The second-order valence-corrected chi connectivity index (χ2v) is 8.01. The molecule has 122 valence electrons. The van der Waals surface area contributed by atoms with Crippen LogP contribution in [0.2, 0.25) is 0 Å². The molecular weight excluding hydrogens is 298 g/mol. The summed E-state index contributed by atoms with van der Waals surface area (Å²) in [5.41, 5.74) is 9.44. The number of hydrogen-bond donors (Lipinski definition) is 2. The monoisotopic (exact) mass is 323 g/mol. The molecule has 0 radical (unpaired) electrons. The van der Waals surface area contributed by atoms with Crippen LogP contribution in [-0.4, -0.2) is 32.4 Å². The molecule has 0 aromatic heterocycles. The van der Waals surface area contributed by atoms with Gasteiger partial charge in [0.15, 0.2) is 15.8 Å². The van der Waals surface area contributed by atoms with Crippen LogP contribution >= 0.6 is 0 Å². The first-order valence-corrected chi connectivity index (χ1v) is 9.65. The molecule has 3 N–H and O–H groups in total. The van der Waals surface area contributed by atoms with Crippen LogP contribution in [0.4, 0.5) is 5.69 Å². The molecule has 1 unspecified atom stereocenters. The highest BCUT2D eigenvalue weighted by Gasteiger charge is 2.27. The third-order valence-corrected chi connectivity index (χ3v) is 5.94. The van der Waals surface area contributed by atoms with Gasteiger partial charge < -0.3 is 11.1 Å². The Balaban J connectivity index is 2.05. The van der Waals surface area contributed by atoms with Gasteiger partial charge in [0.2, 0.25) is 0 Å². The first kappa shape index (κ1) is 16.8. The van der Waals surface area contributed by atoms with E-state index in [1.165, 1.54) is 11.1 Å². The first-order chi connectivity index (χ1) is 10.4. The van der Waals surface area contributed by atoms with Gasteiger partial charge >= 0.3 is 0 Å². The summed E-state index contributed by atoms with van der Waals surface area (Å²) in [4.78, 5) is 4.34. The molecule has 2 rings (SSSR count). The zero-order valence-electron chi connectivity index (χ0n) is 13.3. The minimum Gasteiger partial charge on any atom is -0.370 e. The van der Waals surface area contributed by atoms with E-state index in [2.05, 4.69) is 42.4 Å². The highest BCUT2D eigenvalue weighted by Crippen LogP contribution is 2.22. The Hall–Kier alpha value is -1.56. The largest absolute Gasteiger partial charge is 0.370 e. The average Bonchev–Trinajstić information content (AvgIpc) is 2.84. The Morgan fingerprint density at radius 1 is 1.32 bits per heavy atom. The molecule has 6 heteroatoms. The Labute approximate surface area is 132 Å². The van der Waals surface area contributed by atoms with E-state index in [4.69, 9.17) is 5.73 Å². The summed E-state index contributed by atoms with van der Waals surface area (Å²) in [6, 6.07) is 6.22. The standard InChI is InChI=1S/C16H25N3O2S/c1-3-13-6-5-7-14(4-2)15(13)19-16(17)18-10-12-8-9-22(20,21)11-12/h5-7,12H,3-4,8-11H2,1-2H3,(H3,17,18,19). The van der Waals surface area contributed by atoms with E-state index in [9.17, 15) is 8.42 Å². The van der Waals surface area contributed by atoms with Crippen molar-refractivity contribution in [1.82, 2.24) is 0 Å². The number of nitrogens with zero attached hydrogens (tertiary/aromatic N) is 1. The normalized spacial score (nSPS) is 21.0. The molecule has 0 bridgehead atoms. The summed E-state index contributed by atoms with van der Waals surface area (Å²) in [5, 5.41) is 3.20. The van der Waals surface area contributed by atoms with E-state index < -0.39 is 9.84 Å². The highest BCUT2D eigenvalue weighted by molar-refractivity contribution is 7.91. The van der Waals surface area contributed by atoms with Crippen LogP contribution in [-0.2, 0) is 22.7 Å². The molecule has 1 atom stereocenters. The SMILES string of the molecule is CCc1cccc(CC)c1NC(N)=NCC1CCS(=O)(=O)C1. The summed E-state index contributed by atoms with van der Waals surface area (Å²) in [6.45, 7) is 4.68. The van der Waals surface area contributed by atoms with Crippen LogP contribution in [0.5, 0.6) is 0 Å². The van der Waals surface area contributed by atoms with Gasteiger partial charge in [-0.25, -0.2) is 8.42 Å². The summed E-state index contributed by atoms with van der Waals surface area (Å²) < 4.78 is 22.9. The number of rotatable bonds is 5. The molecule has 5 nitrogen and oxygen atoms in total. The number of anilines is 1. The fraction of sp³-hybridized carbons (Fsp3) is 0.562. The highest BCUT2D eigenvalue weighted by atomic mass is 32.2. The summed E-state index contributed by atoms with van der Waals surface area (Å²) >= 11 is 0. The second kappa shape index (κ2) is 7.13. The van der Waals surface area contributed by atoms with Crippen molar-refractivity contribution in [3.63, 3.8) is 0 Å². The molecule has 0 spiro atoms. The minimum atomic E-state index is -2.85. The average molecular weight is 323 g/mol. The molecule has 1 aliphatic rings. The van der Waals surface area contributed by atoms with Crippen molar-refractivity contribution in [3.8, 4) is 0 Å². The Morgan fingerprint density at radius 2 is 1.95 bits per heavy atom. The van der Waals surface area contributed by atoms with Gasteiger partial charge in [-0.3, -0.25) is 4.99 Å².